The second kappa shape index (κ2) is 7.16. The van der Waals surface area contributed by atoms with E-state index in [-0.39, 0.29) is 30.6 Å². The zero-order valence-corrected chi connectivity index (χ0v) is 12.3. The number of carbonyl (C=O) groups excluding carboxylic acids is 2. The van der Waals surface area contributed by atoms with E-state index in [4.69, 9.17) is 5.11 Å². The molecule has 7 nitrogen and oxygen atoms in total. The van der Waals surface area contributed by atoms with E-state index in [2.05, 4.69) is 10.3 Å². The lowest BCUT2D eigenvalue weighted by molar-refractivity contribution is -0.135. The third kappa shape index (κ3) is 4.52. The standard InChI is InChI=1S/C13H17N3O4S/c17-10(7-16-5-3-1-2-4-12(16)18)14-6-11-15-9(8-21-11)13(19)20/h8H,1-7H2,(H,14,17)(H,19,20). The van der Waals surface area contributed by atoms with Gasteiger partial charge in [-0.15, -0.1) is 11.3 Å². The van der Waals surface area contributed by atoms with E-state index >= 15 is 0 Å². The Balaban J connectivity index is 1.80. The van der Waals surface area contributed by atoms with Crippen molar-refractivity contribution in [2.45, 2.75) is 32.2 Å². The Morgan fingerprint density at radius 3 is 2.90 bits per heavy atom. The molecule has 114 valence electrons. The number of carbonyl (C=O) groups is 3. The molecule has 0 atom stereocenters. The summed E-state index contributed by atoms with van der Waals surface area (Å²) in [6.07, 6.45) is 3.32. The summed E-state index contributed by atoms with van der Waals surface area (Å²) in [6.45, 7) is 0.849. The number of carboxylic acids is 1. The van der Waals surface area contributed by atoms with Gasteiger partial charge in [0.25, 0.3) is 0 Å². The van der Waals surface area contributed by atoms with E-state index in [0.717, 1.165) is 19.3 Å². The van der Waals surface area contributed by atoms with Crippen molar-refractivity contribution in [1.82, 2.24) is 15.2 Å². The molecule has 0 saturated carbocycles. The number of aromatic nitrogens is 1. The lowest BCUT2D eigenvalue weighted by atomic mass is 10.2. The molecule has 21 heavy (non-hydrogen) atoms. The highest BCUT2D eigenvalue weighted by molar-refractivity contribution is 7.09. The van der Waals surface area contributed by atoms with E-state index in [1.54, 1.807) is 4.90 Å². The van der Waals surface area contributed by atoms with E-state index < -0.39 is 5.97 Å². The molecule has 1 aromatic heterocycles. The predicted molar refractivity (Wildman–Crippen MR) is 76.0 cm³/mol. The minimum Gasteiger partial charge on any atom is -0.476 e. The normalized spacial score (nSPS) is 15.6. The molecule has 2 rings (SSSR count). The van der Waals surface area contributed by atoms with Gasteiger partial charge in [0.05, 0.1) is 13.1 Å². The number of carboxylic acid groups (broad SMARTS) is 1. The quantitative estimate of drug-likeness (QED) is 0.840. The van der Waals surface area contributed by atoms with Crippen molar-refractivity contribution in [1.29, 1.82) is 0 Å². The Labute approximate surface area is 126 Å². The monoisotopic (exact) mass is 311 g/mol. The average Bonchev–Trinajstić information content (AvgIpc) is 2.84. The van der Waals surface area contributed by atoms with Gasteiger partial charge in [-0.1, -0.05) is 6.42 Å². The van der Waals surface area contributed by atoms with Crippen molar-refractivity contribution in [3.63, 3.8) is 0 Å². The average molecular weight is 311 g/mol. The molecular weight excluding hydrogens is 294 g/mol. The van der Waals surface area contributed by atoms with Gasteiger partial charge in [0.15, 0.2) is 5.69 Å². The Morgan fingerprint density at radius 1 is 1.38 bits per heavy atom. The second-order valence-electron chi connectivity index (χ2n) is 4.83. The van der Waals surface area contributed by atoms with Crippen LogP contribution < -0.4 is 5.32 Å². The number of thiazole rings is 1. The topological polar surface area (TPSA) is 99.6 Å². The maximum absolute atomic E-state index is 11.8. The van der Waals surface area contributed by atoms with Crippen LogP contribution in [0.3, 0.4) is 0 Å². The molecular formula is C13H17N3O4S. The van der Waals surface area contributed by atoms with E-state index in [0.29, 0.717) is 18.0 Å². The highest BCUT2D eigenvalue weighted by Gasteiger charge is 2.19. The van der Waals surface area contributed by atoms with Gasteiger partial charge in [0.1, 0.15) is 5.01 Å². The molecule has 1 saturated heterocycles. The summed E-state index contributed by atoms with van der Waals surface area (Å²) in [5.41, 5.74) is -0.0213. The van der Waals surface area contributed by atoms with Crippen LogP contribution in [0.2, 0.25) is 0 Å². The largest absolute Gasteiger partial charge is 0.476 e. The number of rotatable bonds is 5. The van der Waals surface area contributed by atoms with Crippen molar-refractivity contribution in [3.8, 4) is 0 Å². The van der Waals surface area contributed by atoms with E-state index in [1.165, 1.54) is 16.7 Å². The molecule has 0 aliphatic carbocycles. The maximum Gasteiger partial charge on any atom is 0.355 e. The lowest BCUT2D eigenvalue weighted by Gasteiger charge is -2.19. The van der Waals surface area contributed by atoms with Crippen molar-refractivity contribution in [3.05, 3.63) is 16.1 Å². The zero-order chi connectivity index (χ0) is 15.2. The van der Waals surface area contributed by atoms with Crippen LogP contribution in [-0.2, 0) is 16.1 Å². The van der Waals surface area contributed by atoms with E-state index in [9.17, 15) is 14.4 Å². The Kier molecular flexibility index (Phi) is 5.26. The molecule has 2 N–H and O–H groups in total. The molecule has 8 heteroatoms. The Morgan fingerprint density at radius 2 is 2.19 bits per heavy atom. The number of nitrogens with one attached hydrogen (secondary N) is 1. The molecule has 1 aromatic rings. The fourth-order valence-electron chi connectivity index (χ4n) is 2.10. The molecule has 0 bridgehead atoms. The summed E-state index contributed by atoms with van der Waals surface area (Å²) in [5.74, 6) is -1.32. The number of amides is 2. The molecule has 1 fully saturated rings. The molecule has 2 amide bonds. The van der Waals surface area contributed by atoms with Gasteiger partial charge in [0.2, 0.25) is 11.8 Å². The highest BCUT2D eigenvalue weighted by Crippen LogP contribution is 2.11. The summed E-state index contributed by atoms with van der Waals surface area (Å²) in [5, 5.41) is 13.4. The van der Waals surface area contributed by atoms with Crippen LogP contribution in [0, 0.1) is 0 Å². The zero-order valence-electron chi connectivity index (χ0n) is 11.5. The van der Waals surface area contributed by atoms with Gasteiger partial charge in [0, 0.05) is 18.3 Å². The number of hydrogen-bond donors (Lipinski definition) is 2. The summed E-state index contributed by atoms with van der Waals surface area (Å²) >= 11 is 1.18. The minimum atomic E-state index is -1.08. The van der Waals surface area contributed by atoms with Crippen molar-refractivity contribution in [2.75, 3.05) is 13.1 Å². The number of likely N-dealkylation sites (tertiary alicyclic amines) is 1. The summed E-state index contributed by atoms with van der Waals surface area (Å²) in [6, 6.07) is 0. The lowest BCUT2D eigenvalue weighted by Crippen LogP contribution is -2.40. The number of hydrogen-bond acceptors (Lipinski definition) is 5. The predicted octanol–water partition coefficient (Wildman–Crippen LogP) is 0.860. The highest BCUT2D eigenvalue weighted by atomic mass is 32.1. The second-order valence-corrected chi connectivity index (χ2v) is 5.78. The molecule has 0 spiro atoms. The SMILES string of the molecule is O=C(CN1CCCCCC1=O)NCc1nc(C(=O)O)cs1. The molecule has 2 heterocycles. The third-order valence-electron chi connectivity index (χ3n) is 3.21. The van der Waals surface area contributed by atoms with Gasteiger partial charge in [-0.05, 0) is 12.8 Å². The van der Waals surface area contributed by atoms with Crippen LogP contribution in [0.1, 0.15) is 41.2 Å². The first-order chi connectivity index (χ1) is 10.1. The van der Waals surface area contributed by atoms with Gasteiger partial charge in [-0.25, -0.2) is 9.78 Å². The van der Waals surface area contributed by atoms with Crippen LogP contribution in [-0.4, -0.2) is 45.9 Å². The van der Waals surface area contributed by atoms with Crippen LogP contribution in [0.15, 0.2) is 5.38 Å². The molecule has 0 radical (unpaired) electrons. The van der Waals surface area contributed by atoms with Crippen LogP contribution in [0.5, 0.6) is 0 Å². The first kappa shape index (κ1) is 15.4. The first-order valence-corrected chi connectivity index (χ1v) is 7.66. The fraction of sp³-hybridized carbons (Fsp3) is 0.538. The van der Waals surface area contributed by atoms with Crippen LogP contribution in [0.25, 0.3) is 0 Å². The van der Waals surface area contributed by atoms with Crippen LogP contribution >= 0.6 is 11.3 Å². The van der Waals surface area contributed by atoms with Crippen molar-refractivity contribution < 1.29 is 19.5 Å². The molecule has 0 unspecified atom stereocenters. The summed E-state index contributed by atoms with van der Waals surface area (Å²) < 4.78 is 0. The van der Waals surface area contributed by atoms with Crippen molar-refractivity contribution in [2.24, 2.45) is 0 Å². The Hall–Kier alpha value is -1.96. The molecule has 1 aliphatic rings. The smallest absolute Gasteiger partial charge is 0.355 e. The van der Waals surface area contributed by atoms with E-state index in [1.807, 2.05) is 0 Å². The first-order valence-electron chi connectivity index (χ1n) is 6.78. The van der Waals surface area contributed by atoms with Gasteiger partial charge >= 0.3 is 5.97 Å². The minimum absolute atomic E-state index is 0.0186. The number of aromatic carboxylic acids is 1. The fourth-order valence-corrected chi connectivity index (χ4v) is 2.81. The maximum atomic E-state index is 11.8. The summed E-state index contributed by atoms with van der Waals surface area (Å²) in [7, 11) is 0. The van der Waals surface area contributed by atoms with Crippen molar-refractivity contribution >= 4 is 29.1 Å². The van der Waals surface area contributed by atoms with Crippen LogP contribution in [0.4, 0.5) is 0 Å². The number of nitrogens with zero attached hydrogens (tertiary/aromatic N) is 2. The van der Waals surface area contributed by atoms with Gasteiger partial charge in [-0.2, -0.15) is 0 Å². The Bertz CT molecular complexity index is 543. The molecule has 1 aliphatic heterocycles. The van der Waals surface area contributed by atoms with Gasteiger partial charge < -0.3 is 15.3 Å². The van der Waals surface area contributed by atoms with Gasteiger partial charge in [-0.3, -0.25) is 9.59 Å². The third-order valence-corrected chi connectivity index (χ3v) is 4.06. The molecule has 0 aromatic carbocycles. The summed E-state index contributed by atoms with van der Waals surface area (Å²) in [4.78, 5) is 39.8.